The van der Waals surface area contributed by atoms with Gasteiger partial charge in [0.25, 0.3) is 0 Å². The van der Waals surface area contributed by atoms with Crippen molar-refractivity contribution in [2.45, 2.75) is 0 Å². The molecule has 0 saturated carbocycles. The molecule has 1 heterocycles. The number of hydrogen-bond donors (Lipinski definition) is 0. The van der Waals surface area contributed by atoms with E-state index in [0.717, 1.165) is 0 Å². The fraction of sp³-hybridized carbons (Fsp3) is 0.500. The summed E-state index contributed by atoms with van der Waals surface area (Å²) in [6.07, 6.45) is 0. The molecule has 4 nitrogen and oxygen atoms in total. The van der Waals surface area contributed by atoms with Crippen LogP contribution in [0, 0.1) is 0 Å². The van der Waals surface area contributed by atoms with Gasteiger partial charge in [0.15, 0.2) is 0 Å². The van der Waals surface area contributed by atoms with Crippen LogP contribution in [-0.2, 0) is 9.59 Å². The summed E-state index contributed by atoms with van der Waals surface area (Å²) in [5, 5.41) is 0. The van der Waals surface area contributed by atoms with Crippen molar-refractivity contribution in [1.29, 1.82) is 0 Å². The lowest BCUT2D eigenvalue weighted by atomic mass is 10.4. The molecule has 0 spiro atoms. The summed E-state index contributed by atoms with van der Waals surface area (Å²) >= 11 is 5.87. The van der Waals surface area contributed by atoms with E-state index in [1.807, 2.05) is 0 Å². The van der Waals surface area contributed by atoms with Gasteiger partial charge in [-0.3, -0.25) is 17.4 Å². The van der Waals surface area contributed by atoms with E-state index in [2.05, 4.69) is 32.3 Å². The zero-order valence-corrected chi connectivity index (χ0v) is 8.05. The standard InChI is InChI=1S/C4H4Br2N2O2/c5-7-1-2-8(6)4(10)3(7)9/h1-2H2. The summed E-state index contributed by atoms with van der Waals surface area (Å²) in [6, 6.07) is 0. The minimum absolute atomic E-state index is 0.510. The van der Waals surface area contributed by atoms with Crippen LogP contribution in [0.25, 0.3) is 0 Å². The molecule has 2 amide bonds. The average Bonchev–Trinajstić information content (AvgIpc) is 1.93. The zero-order valence-electron chi connectivity index (χ0n) is 4.88. The fourth-order valence-electron chi connectivity index (χ4n) is 0.586. The Morgan fingerprint density at radius 3 is 1.60 bits per heavy atom. The highest BCUT2D eigenvalue weighted by molar-refractivity contribution is 9.08. The molecule has 56 valence electrons. The maximum Gasteiger partial charge on any atom is 0.322 e. The topological polar surface area (TPSA) is 40.6 Å². The molecule has 0 aromatic rings. The van der Waals surface area contributed by atoms with E-state index in [9.17, 15) is 9.59 Å². The van der Waals surface area contributed by atoms with E-state index in [4.69, 9.17) is 0 Å². The van der Waals surface area contributed by atoms with E-state index in [0.29, 0.717) is 13.1 Å². The Morgan fingerprint density at radius 2 is 1.30 bits per heavy atom. The highest BCUT2D eigenvalue weighted by Gasteiger charge is 2.29. The summed E-state index contributed by atoms with van der Waals surface area (Å²) in [4.78, 5) is 21.6. The van der Waals surface area contributed by atoms with Gasteiger partial charge >= 0.3 is 11.8 Å². The maximum atomic E-state index is 10.8. The van der Waals surface area contributed by atoms with Crippen LogP contribution in [0.1, 0.15) is 0 Å². The second-order valence-corrected chi connectivity index (χ2v) is 3.49. The number of carbonyl (C=O) groups excluding carboxylic acids is 2. The van der Waals surface area contributed by atoms with Crippen molar-refractivity contribution in [3.8, 4) is 0 Å². The molecule has 1 rings (SSSR count). The molecule has 0 N–H and O–H groups in total. The Bertz CT molecular complexity index is 164. The molecule has 0 aromatic carbocycles. The van der Waals surface area contributed by atoms with Crippen LogP contribution in [-0.4, -0.2) is 32.8 Å². The molecule has 1 aliphatic rings. The summed E-state index contributed by atoms with van der Waals surface area (Å²) < 4.78 is 2.43. The predicted octanol–water partition coefficient (Wildman–Crippen LogP) is 0.277. The van der Waals surface area contributed by atoms with Gasteiger partial charge in [-0.25, -0.2) is 0 Å². The van der Waals surface area contributed by atoms with Crippen LogP contribution >= 0.6 is 32.3 Å². The first kappa shape index (κ1) is 8.00. The van der Waals surface area contributed by atoms with Gasteiger partial charge in [0, 0.05) is 0 Å². The summed E-state index contributed by atoms with van der Waals surface area (Å²) in [5.41, 5.74) is 0. The Labute approximate surface area is 74.8 Å². The van der Waals surface area contributed by atoms with Gasteiger partial charge in [0.05, 0.1) is 45.4 Å². The van der Waals surface area contributed by atoms with Crippen molar-refractivity contribution in [1.82, 2.24) is 7.85 Å². The number of carbonyl (C=O) groups is 2. The molecular weight excluding hydrogens is 268 g/mol. The van der Waals surface area contributed by atoms with Crippen molar-refractivity contribution < 1.29 is 9.59 Å². The summed E-state index contributed by atoms with van der Waals surface area (Å²) in [5.74, 6) is -1.08. The number of rotatable bonds is 0. The first-order chi connectivity index (χ1) is 4.63. The average molecular weight is 272 g/mol. The van der Waals surface area contributed by atoms with Crippen molar-refractivity contribution in [2.24, 2.45) is 0 Å². The minimum Gasteiger partial charge on any atom is -0.269 e. The molecule has 1 aliphatic heterocycles. The molecule has 0 atom stereocenters. The van der Waals surface area contributed by atoms with Crippen molar-refractivity contribution in [3.05, 3.63) is 0 Å². The molecule has 1 saturated heterocycles. The molecule has 0 radical (unpaired) electrons. The lowest BCUT2D eigenvalue weighted by molar-refractivity contribution is -0.147. The third kappa shape index (κ3) is 1.32. The number of halogens is 2. The molecule has 0 aromatic heterocycles. The quantitative estimate of drug-likeness (QED) is 0.469. The summed E-state index contributed by atoms with van der Waals surface area (Å²) in [7, 11) is 0. The third-order valence-corrected chi connectivity index (χ3v) is 2.47. The SMILES string of the molecule is O=C1C(=O)N(Br)CCN1Br. The van der Waals surface area contributed by atoms with Crippen molar-refractivity contribution >= 4 is 44.1 Å². The predicted molar refractivity (Wildman–Crippen MR) is 41.3 cm³/mol. The third-order valence-electron chi connectivity index (χ3n) is 1.12. The zero-order chi connectivity index (χ0) is 7.72. The maximum absolute atomic E-state index is 10.8. The van der Waals surface area contributed by atoms with Gasteiger partial charge in [0.2, 0.25) is 0 Å². The second kappa shape index (κ2) is 2.87. The Balaban J connectivity index is 2.70. The first-order valence-corrected chi connectivity index (χ1v) is 3.99. The number of hydrogen-bond acceptors (Lipinski definition) is 2. The normalized spacial score (nSPS) is 20.2. The van der Waals surface area contributed by atoms with E-state index >= 15 is 0 Å². The smallest absolute Gasteiger partial charge is 0.269 e. The molecular formula is C4H4Br2N2O2. The molecule has 6 heteroatoms. The number of nitrogens with zero attached hydrogens (tertiary/aromatic N) is 2. The van der Waals surface area contributed by atoms with E-state index in [-0.39, 0.29) is 0 Å². The Hall–Kier alpha value is -0.100. The lowest BCUT2D eigenvalue weighted by Gasteiger charge is -2.24. The van der Waals surface area contributed by atoms with Crippen LogP contribution < -0.4 is 0 Å². The Morgan fingerprint density at radius 1 is 1.00 bits per heavy atom. The fourth-order valence-corrected chi connectivity index (χ4v) is 1.21. The molecule has 0 unspecified atom stereocenters. The molecule has 1 fully saturated rings. The van der Waals surface area contributed by atoms with Crippen LogP contribution in [0.4, 0.5) is 0 Å². The molecule has 10 heavy (non-hydrogen) atoms. The molecule has 0 bridgehead atoms. The van der Waals surface area contributed by atoms with E-state index < -0.39 is 11.8 Å². The molecule has 0 aliphatic carbocycles. The van der Waals surface area contributed by atoms with Crippen LogP contribution in [0.15, 0.2) is 0 Å². The number of piperazine rings is 1. The Kier molecular flexibility index (Phi) is 2.30. The van der Waals surface area contributed by atoms with E-state index in [1.165, 1.54) is 7.85 Å². The van der Waals surface area contributed by atoms with Gasteiger partial charge < -0.3 is 0 Å². The van der Waals surface area contributed by atoms with Gasteiger partial charge in [-0.15, -0.1) is 0 Å². The van der Waals surface area contributed by atoms with Crippen LogP contribution in [0.5, 0.6) is 0 Å². The van der Waals surface area contributed by atoms with Gasteiger partial charge in [-0.2, -0.15) is 0 Å². The summed E-state index contributed by atoms with van der Waals surface area (Å²) in [6.45, 7) is 1.02. The van der Waals surface area contributed by atoms with Crippen molar-refractivity contribution in [3.63, 3.8) is 0 Å². The monoisotopic (exact) mass is 270 g/mol. The van der Waals surface area contributed by atoms with Gasteiger partial charge in [0.1, 0.15) is 0 Å². The second-order valence-electron chi connectivity index (χ2n) is 1.78. The van der Waals surface area contributed by atoms with Crippen LogP contribution in [0.3, 0.4) is 0 Å². The first-order valence-electron chi connectivity index (χ1n) is 2.58. The van der Waals surface area contributed by atoms with Gasteiger partial charge in [-0.05, 0) is 0 Å². The van der Waals surface area contributed by atoms with E-state index in [1.54, 1.807) is 0 Å². The minimum atomic E-state index is -0.539. The van der Waals surface area contributed by atoms with Gasteiger partial charge in [-0.1, -0.05) is 0 Å². The highest BCUT2D eigenvalue weighted by atomic mass is 79.9. The van der Waals surface area contributed by atoms with Crippen molar-refractivity contribution in [2.75, 3.05) is 13.1 Å². The largest absolute Gasteiger partial charge is 0.322 e. The van der Waals surface area contributed by atoms with Crippen LogP contribution in [0.2, 0.25) is 0 Å². The number of amides is 2. The highest BCUT2D eigenvalue weighted by Crippen LogP contribution is 2.11. The lowest BCUT2D eigenvalue weighted by Crippen LogP contribution is -2.46.